The molecule has 4 heteroatoms. The van der Waals surface area contributed by atoms with Gasteiger partial charge < -0.3 is 5.73 Å². The molecule has 3 rings (SSSR count). The molecule has 84 valence electrons. The number of aromatic nitrogens is 3. The second-order valence-electron chi connectivity index (χ2n) is 4.03. The summed E-state index contributed by atoms with van der Waals surface area (Å²) in [6.07, 6.45) is 1.62. The average Bonchev–Trinajstić information content (AvgIpc) is 2.74. The minimum atomic E-state index is 0.653. The summed E-state index contributed by atoms with van der Waals surface area (Å²) in [5.41, 5.74) is 10.4. The number of nitrogens with two attached hydrogens (primary N) is 1. The van der Waals surface area contributed by atoms with Crippen molar-refractivity contribution in [3.05, 3.63) is 42.2 Å². The van der Waals surface area contributed by atoms with Gasteiger partial charge in [0.1, 0.15) is 0 Å². The zero-order valence-electron chi connectivity index (χ0n) is 9.44. The molecular weight excluding hydrogens is 212 g/mol. The van der Waals surface area contributed by atoms with Crippen LogP contribution in [0.5, 0.6) is 0 Å². The van der Waals surface area contributed by atoms with Crippen molar-refractivity contribution in [1.29, 1.82) is 0 Å². The molecule has 17 heavy (non-hydrogen) atoms. The third-order valence-corrected chi connectivity index (χ3v) is 2.78. The van der Waals surface area contributed by atoms with Crippen LogP contribution >= 0.6 is 0 Å². The van der Waals surface area contributed by atoms with Gasteiger partial charge in [-0.15, -0.1) is 0 Å². The van der Waals surface area contributed by atoms with Crippen molar-refractivity contribution < 1.29 is 0 Å². The molecule has 2 aromatic heterocycles. The molecule has 2 heterocycles. The van der Waals surface area contributed by atoms with Crippen LogP contribution in [0.3, 0.4) is 0 Å². The highest BCUT2D eigenvalue weighted by Crippen LogP contribution is 2.30. The topological polar surface area (TPSA) is 67.6 Å². The van der Waals surface area contributed by atoms with E-state index in [9.17, 15) is 0 Å². The molecule has 1 aromatic carbocycles. The number of hydrogen-bond acceptors (Lipinski definition) is 3. The number of hydrogen-bond donors (Lipinski definition) is 2. The van der Waals surface area contributed by atoms with Gasteiger partial charge in [-0.3, -0.25) is 10.1 Å². The second kappa shape index (κ2) is 3.59. The van der Waals surface area contributed by atoms with Crippen LogP contribution in [0.4, 0.5) is 5.69 Å². The fourth-order valence-electron chi connectivity index (χ4n) is 2.03. The first-order valence-electron chi connectivity index (χ1n) is 5.41. The summed E-state index contributed by atoms with van der Waals surface area (Å²) in [5, 5.41) is 7.98. The summed E-state index contributed by atoms with van der Waals surface area (Å²) in [6.45, 7) is 1.97. The average molecular weight is 224 g/mol. The summed E-state index contributed by atoms with van der Waals surface area (Å²) in [6, 6.07) is 10.0. The Bertz CT molecular complexity index is 685. The third-order valence-electron chi connectivity index (χ3n) is 2.78. The van der Waals surface area contributed by atoms with Gasteiger partial charge >= 0.3 is 0 Å². The van der Waals surface area contributed by atoms with Gasteiger partial charge in [-0.2, -0.15) is 5.10 Å². The minimum Gasteiger partial charge on any atom is -0.396 e. The molecule has 0 saturated heterocycles. The maximum absolute atomic E-state index is 5.90. The van der Waals surface area contributed by atoms with Gasteiger partial charge in [-0.1, -0.05) is 18.2 Å². The zero-order valence-corrected chi connectivity index (χ0v) is 9.44. The van der Waals surface area contributed by atoms with E-state index in [0.29, 0.717) is 5.69 Å². The largest absolute Gasteiger partial charge is 0.396 e. The molecule has 0 amide bonds. The number of nitrogens with one attached hydrogen (secondary N) is 1. The SMILES string of the molecule is Cc1cc(-c2[nH]ncc2N)c2ccccc2n1. The highest BCUT2D eigenvalue weighted by atomic mass is 15.1. The molecule has 3 aromatic rings. The van der Waals surface area contributed by atoms with Crippen LogP contribution in [0, 0.1) is 6.92 Å². The number of nitrogen functional groups attached to an aromatic ring is 1. The number of H-pyrrole nitrogens is 1. The molecule has 0 aliphatic rings. The molecule has 0 fully saturated rings. The fourth-order valence-corrected chi connectivity index (χ4v) is 2.03. The number of pyridine rings is 1. The van der Waals surface area contributed by atoms with Crippen molar-refractivity contribution in [1.82, 2.24) is 15.2 Å². The maximum Gasteiger partial charge on any atom is 0.0887 e. The molecule has 0 radical (unpaired) electrons. The molecule has 0 atom stereocenters. The normalized spacial score (nSPS) is 10.9. The van der Waals surface area contributed by atoms with Crippen molar-refractivity contribution in [3.63, 3.8) is 0 Å². The van der Waals surface area contributed by atoms with Crippen molar-refractivity contribution in [3.8, 4) is 11.3 Å². The summed E-state index contributed by atoms with van der Waals surface area (Å²) >= 11 is 0. The van der Waals surface area contributed by atoms with Crippen LogP contribution in [-0.4, -0.2) is 15.2 Å². The molecule has 0 bridgehead atoms. The van der Waals surface area contributed by atoms with E-state index in [1.54, 1.807) is 6.20 Å². The molecule has 0 saturated carbocycles. The number of anilines is 1. The van der Waals surface area contributed by atoms with Crippen molar-refractivity contribution >= 4 is 16.6 Å². The third kappa shape index (κ3) is 1.54. The molecule has 4 nitrogen and oxygen atoms in total. The molecule has 3 N–H and O–H groups in total. The molecular formula is C13H12N4. The zero-order chi connectivity index (χ0) is 11.8. The first-order valence-corrected chi connectivity index (χ1v) is 5.41. The van der Waals surface area contributed by atoms with Crippen LogP contribution in [0.25, 0.3) is 22.2 Å². The van der Waals surface area contributed by atoms with Gasteiger partial charge in [-0.05, 0) is 19.1 Å². The van der Waals surface area contributed by atoms with E-state index >= 15 is 0 Å². The smallest absolute Gasteiger partial charge is 0.0887 e. The summed E-state index contributed by atoms with van der Waals surface area (Å²) in [5.74, 6) is 0. The standard InChI is InChI=1S/C13H12N4/c1-8-6-10(13-11(14)7-15-17-13)9-4-2-3-5-12(9)16-8/h2-7H,14H2,1H3,(H,15,17). The Morgan fingerprint density at radius 1 is 1.24 bits per heavy atom. The number of fused-ring (bicyclic) bond motifs is 1. The van der Waals surface area contributed by atoms with Gasteiger partial charge in [0.15, 0.2) is 0 Å². The Balaban J connectivity index is 2.39. The predicted octanol–water partition coefficient (Wildman–Crippen LogP) is 2.52. The molecule has 0 unspecified atom stereocenters. The van der Waals surface area contributed by atoms with E-state index in [1.165, 1.54) is 0 Å². The first kappa shape index (κ1) is 9.84. The number of nitrogens with zero attached hydrogens (tertiary/aromatic N) is 2. The highest BCUT2D eigenvalue weighted by Gasteiger charge is 2.10. The summed E-state index contributed by atoms with van der Waals surface area (Å²) in [7, 11) is 0. The minimum absolute atomic E-state index is 0.653. The number of aromatic amines is 1. The Morgan fingerprint density at radius 3 is 2.82 bits per heavy atom. The monoisotopic (exact) mass is 224 g/mol. The van der Waals surface area contributed by atoms with Crippen LogP contribution in [0.1, 0.15) is 5.69 Å². The number of aryl methyl sites for hydroxylation is 1. The van der Waals surface area contributed by atoms with Crippen LogP contribution in [0.15, 0.2) is 36.5 Å². The second-order valence-corrected chi connectivity index (χ2v) is 4.03. The van der Waals surface area contributed by atoms with Gasteiger partial charge in [0.05, 0.1) is 23.1 Å². The molecule has 0 spiro atoms. The van der Waals surface area contributed by atoms with E-state index in [4.69, 9.17) is 5.73 Å². The van der Waals surface area contributed by atoms with Gasteiger partial charge in [0.25, 0.3) is 0 Å². The van der Waals surface area contributed by atoms with Gasteiger partial charge in [0, 0.05) is 16.6 Å². The maximum atomic E-state index is 5.90. The van der Waals surface area contributed by atoms with E-state index < -0.39 is 0 Å². The lowest BCUT2D eigenvalue weighted by Crippen LogP contribution is -1.91. The van der Waals surface area contributed by atoms with Crippen molar-refractivity contribution in [2.45, 2.75) is 6.92 Å². The molecule has 0 aliphatic carbocycles. The number of benzene rings is 1. The fraction of sp³-hybridized carbons (Fsp3) is 0.0769. The van der Waals surface area contributed by atoms with E-state index in [2.05, 4.69) is 15.2 Å². The highest BCUT2D eigenvalue weighted by molar-refractivity contribution is 5.96. The Morgan fingerprint density at radius 2 is 2.06 bits per heavy atom. The quantitative estimate of drug-likeness (QED) is 0.667. The van der Waals surface area contributed by atoms with E-state index in [-0.39, 0.29) is 0 Å². The predicted molar refractivity (Wildman–Crippen MR) is 68.5 cm³/mol. The van der Waals surface area contributed by atoms with Crippen LogP contribution < -0.4 is 5.73 Å². The Kier molecular flexibility index (Phi) is 2.08. The first-order chi connectivity index (χ1) is 8.25. The van der Waals surface area contributed by atoms with Gasteiger partial charge in [0.2, 0.25) is 0 Å². The molecule has 0 aliphatic heterocycles. The lowest BCUT2D eigenvalue weighted by atomic mass is 10.0. The summed E-state index contributed by atoms with van der Waals surface area (Å²) < 4.78 is 0. The Labute approximate surface area is 98.5 Å². The number of rotatable bonds is 1. The van der Waals surface area contributed by atoms with E-state index in [0.717, 1.165) is 27.9 Å². The Hall–Kier alpha value is -2.36. The van der Waals surface area contributed by atoms with Gasteiger partial charge in [-0.25, -0.2) is 0 Å². The van der Waals surface area contributed by atoms with E-state index in [1.807, 2.05) is 37.3 Å². The van der Waals surface area contributed by atoms with Crippen LogP contribution in [0.2, 0.25) is 0 Å². The lowest BCUT2D eigenvalue weighted by molar-refractivity contribution is 1.09. The number of para-hydroxylation sites is 1. The lowest BCUT2D eigenvalue weighted by Gasteiger charge is -2.06. The summed E-state index contributed by atoms with van der Waals surface area (Å²) in [4.78, 5) is 4.50. The van der Waals surface area contributed by atoms with Crippen LogP contribution in [-0.2, 0) is 0 Å². The van der Waals surface area contributed by atoms with Crippen molar-refractivity contribution in [2.24, 2.45) is 0 Å². The van der Waals surface area contributed by atoms with Crippen molar-refractivity contribution in [2.75, 3.05) is 5.73 Å².